The molecule has 2 heterocycles. The minimum absolute atomic E-state index is 0.141. The molecule has 11 heteroatoms. The summed E-state index contributed by atoms with van der Waals surface area (Å²) in [5.41, 5.74) is 3.15. The third kappa shape index (κ3) is 5.12. The van der Waals surface area contributed by atoms with Crippen molar-refractivity contribution in [2.75, 3.05) is 20.3 Å². The van der Waals surface area contributed by atoms with Crippen molar-refractivity contribution in [1.82, 2.24) is 8.87 Å². The molecule has 0 aliphatic carbocycles. The van der Waals surface area contributed by atoms with Crippen molar-refractivity contribution in [3.8, 4) is 0 Å². The average Bonchev–Trinajstić information content (AvgIpc) is 3.26. The largest absolute Gasteiger partial charge is 0.383 e. The molecule has 0 saturated heterocycles. The number of halogens is 2. The molecule has 7 nitrogen and oxygen atoms in total. The van der Waals surface area contributed by atoms with E-state index in [1.165, 1.54) is 45.5 Å². The zero-order valence-corrected chi connectivity index (χ0v) is 23.0. The minimum atomic E-state index is -3.70. The number of benzene rings is 3. The number of hydrogen-bond acceptors (Lipinski definition) is 5. The highest BCUT2D eigenvalue weighted by Crippen LogP contribution is 2.32. The standard InChI is InChI=1S/C26H23Cl2N3O4S2/c1-35-15-14-31-24-22(11-10-21(27)23(24)28)36-26(31)29-25(32)18-6-8-20(9-7-18)37(33,34)30-13-12-17-4-2-3-5-19(17)16-30/h2-11H,12-16H2,1H3. The fourth-order valence-corrected chi connectivity index (χ4v) is 7.28. The molecule has 0 spiro atoms. The fourth-order valence-electron chi connectivity index (χ4n) is 4.32. The molecular weight excluding hydrogens is 553 g/mol. The Labute approximate surface area is 228 Å². The highest BCUT2D eigenvalue weighted by molar-refractivity contribution is 7.89. The summed E-state index contributed by atoms with van der Waals surface area (Å²) >= 11 is 14.0. The van der Waals surface area contributed by atoms with Crippen LogP contribution in [-0.4, -0.2) is 43.5 Å². The zero-order chi connectivity index (χ0) is 26.2. The number of nitrogens with zero attached hydrogens (tertiary/aromatic N) is 3. The van der Waals surface area contributed by atoms with Crippen molar-refractivity contribution in [3.05, 3.63) is 92.2 Å². The number of hydrogen-bond donors (Lipinski definition) is 0. The number of fused-ring (bicyclic) bond motifs is 2. The number of thiazole rings is 1. The van der Waals surface area contributed by atoms with Gasteiger partial charge in [0.15, 0.2) is 4.80 Å². The molecule has 192 valence electrons. The number of methoxy groups -OCH3 is 1. The van der Waals surface area contributed by atoms with Crippen molar-refractivity contribution in [2.24, 2.45) is 4.99 Å². The molecule has 0 fully saturated rings. The van der Waals surface area contributed by atoms with Gasteiger partial charge in [-0.2, -0.15) is 9.30 Å². The van der Waals surface area contributed by atoms with Gasteiger partial charge < -0.3 is 9.30 Å². The van der Waals surface area contributed by atoms with Crippen molar-refractivity contribution in [1.29, 1.82) is 0 Å². The number of rotatable bonds is 6. The summed E-state index contributed by atoms with van der Waals surface area (Å²) in [5.74, 6) is -0.490. The molecule has 0 atom stereocenters. The second-order valence-corrected chi connectivity index (χ2v) is 12.3. The van der Waals surface area contributed by atoms with Gasteiger partial charge in [-0.1, -0.05) is 58.8 Å². The molecule has 1 aliphatic heterocycles. The van der Waals surface area contributed by atoms with Gasteiger partial charge in [0.25, 0.3) is 5.91 Å². The Balaban J connectivity index is 1.43. The van der Waals surface area contributed by atoms with E-state index in [0.717, 1.165) is 10.3 Å². The second-order valence-electron chi connectivity index (χ2n) is 8.54. The lowest BCUT2D eigenvalue weighted by atomic mass is 10.0. The quantitative estimate of drug-likeness (QED) is 0.318. The topological polar surface area (TPSA) is 81.0 Å². The molecule has 0 bridgehead atoms. The summed E-state index contributed by atoms with van der Waals surface area (Å²) in [6.45, 7) is 1.56. The van der Waals surface area contributed by atoms with Gasteiger partial charge in [0, 0.05) is 32.3 Å². The predicted molar refractivity (Wildman–Crippen MR) is 146 cm³/mol. The van der Waals surface area contributed by atoms with E-state index in [0.29, 0.717) is 53.0 Å². The number of ether oxygens (including phenoxy) is 1. The van der Waals surface area contributed by atoms with Crippen molar-refractivity contribution in [2.45, 2.75) is 24.4 Å². The summed E-state index contributed by atoms with van der Waals surface area (Å²) in [6.07, 6.45) is 0.665. The third-order valence-electron chi connectivity index (χ3n) is 6.28. The Morgan fingerprint density at radius 2 is 1.78 bits per heavy atom. The number of amides is 1. The van der Waals surface area contributed by atoms with Crippen LogP contribution in [0.15, 0.2) is 70.6 Å². The summed E-state index contributed by atoms with van der Waals surface area (Å²) in [7, 11) is -2.11. The third-order valence-corrected chi connectivity index (χ3v) is 9.98. The van der Waals surface area contributed by atoms with Crippen LogP contribution < -0.4 is 4.80 Å². The highest BCUT2D eigenvalue weighted by atomic mass is 35.5. The first-order chi connectivity index (χ1) is 17.8. The van der Waals surface area contributed by atoms with Crippen LogP contribution in [-0.2, 0) is 34.3 Å². The van der Waals surface area contributed by atoms with Gasteiger partial charge in [-0.05, 0) is 53.9 Å². The van der Waals surface area contributed by atoms with Crippen LogP contribution in [0.5, 0.6) is 0 Å². The van der Waals surface area contributed by atoms with Gasteiger partial charge in [0.1, 0.15) is 0 Å². The van der Waals surface area contributed by atoms with E-state index < -0.39 is 15.9 Å². The molecule has 0 unspecified atom stereocenters. The molecule has 0 N–H and O–H groups in total. The number of sulfonamides is 1. The Morgan fingerprint density at radius 3 is 2.51 bits per heavy atom. The Bertz CT molecular complexity index is 1660. The van der Waals surface area contributed by atoms with E-state index in [2.05, 4.69) is 4.99 Å². The molecule has 1 amide bonds. The van der Waals surface area contributed by atoms with Crippen molar-refractivity contribution >= 4 is 60.7 Å². The van der Waals surface area contributed by atoms with Gasteiger partial charge in [0.2, 0.25) is 10.0 Å². The molecular formula is C26H23Cl2N3O4S2. The van der Waals surface area contributed by atoms with Gasteiger partial charge in [-0.25, -0.2) is 8.42 Å². The molecule has 37 heavy (non-hydrogen) atoms. The van der Waals surface area contributed by atoms with Crippen molar-refractivity contribution < 1.29 is 17.9 Å². The average molecular weight is 577 g/mol. The van der Waals surface area contributed by atoms with Gasteiger partial charge in [0.05, 0.1) is 31.8 Å². The van der Waals surface area contributed by atoms with Gasteiger partial charge in [-0.3, -0.25) is 4.79 Å². The monoisotopic (exact) mass is 575 g/mol. The summed E-state index contributed by atoms with van der Waals surface area (Å²) < 4.78 is 35.8. The van der Waals surface area contributed by atoms with Crippen LogP contribution in [0.1, 0.15) is 21.5 Å². The molecule has 5 rings (SSSR count). The van der Waals surface area contributed by atoms with E-state index >= 15 is 0 Å². The Morgan fingerprint density at radius 1 is 1.05 bits per heavy atom. The molecule has 1 aliphatic rings. The van der Waals surface area contributed by atoms with E-state index in [1.807, 2.05) is 34.9 Å². The molecule has 0 saturated carbocycles. The normalized spacial score (nSPS) is 14.7. The van der Waals surface area contributed by atoms with Crippen LogP contribution in [0, 0.1) is 0 Å². The predicted octanol–water partition coefficient (Wildman–Crippen LogP) is 5.14. The first kappa shape index (κ1) is 26.1. The first-order valence-corrected chi connectivity index (χ1v) is 14.5. The number of carbonyl (C=O) groups is 1. The van der Waals surface area contributed by atoms with Crippen LogP contribution >= 0.6 is 34.5 Å². The van der Waals surface area contributed by atoms with Crippen LogP contribution in [0.3, 0.4) is 0 Å². The SMILES string of the molecule is COCCn1c(=NC(=O)c2ccc(S(=O)(=O)N3CCc4ccccc4C3)cc2)sc2ccc(Cl)c(Cl)c21. The maximum atomic E-state index is 13.3. The summed E-state index contributed by atoms with van der Waals surface area (Å²) in [4.78, 5) is 18.0. The van der Waals surface area contributed by atoms with E-state index in [1.54, 1.807) is 13.2 Å². The van der Waals surface area contributed by atoms with E-state index in [4.69, 9.17) is 27.9 Å². The molecule has 3 aromatic carbocycles. The maximum absolute atomic E-state index is 13.3. The fraction of sp³-hybridized carbons (Fsp3) is 0.231. The smallest absolute Gasteiger partial charge is 0.279 e. The van der Waals surface area contributed by atoms with Gasteiger partial charge >= 0.3 is 0 Å². The number of aromatic nitrogens is 1. The van der Waals surface area contributed by atoms with Crippen LogP contribution in [0.2, 0.25) is 10.0 Å². The highest BCUT2D eigenvalue weighted by Gasteiger charge is 2.28. The van der Waals surface area contributed by atoms with E-state index in [9.17, 15) is 13.2 Å². The minimum Gasteiger partial charge on any atom is -0.383 e. The summed E-state index contributed by atoms with van der Waals surface area (Å²) in [6, 6.07) is 17.3. The zero-order valence-electron chi connectivity index (χ0n) is 19.9. The molecule has 1 aromatic heterocycles. The lowest BCUT2D eigenvalue weighted by Crippen LogP contribution is -2.35. The second kappa shape index (κ2) is 10.7. The Kier molecular flexibility index (Phi) is 7.53. The van der Waals surface area contributed by atoms with Crippen LogP contribution in [0.25, 0.3) is 10.2 Å². The van der Waals surface area contributed by atoms with Crippen molar-refractivity contribution in [3.63, 3.8) is 0 Å². The summed E-state index contributed by atoms with van der Waals surface area (Å²) in [5, 5.41) is 0.792. The first-order valence-electron chi connectivity index (χ1n) is 11.5. The van der Waals surface area contributed by atoms with E-state index in [-0.39, 0.29) is 10.5 Å². The van der Waals surface area contributed by atoms with Gasteiger partial charge in [-0.15, -0.1) is 0 Å². The Hall–Kier alpha value is -2.53. The lowest BCUT2D eigenvalue weighted by molar-refractivity contribution is 0.0997. The molecule has 4 aromatic rings. The molecule has 0 radical (unpaired) electrons. The maximum Gasteiger partial charge on any atom is 0.279 e. The van der Waals surface area contributed by atoms with Crippen LogP contribution in [0.4, 0.5) is 0 Å². The number of carbonyl (C=O) groups excluding carboxylic acids is 1. The lowest BCUT2D eigenvalue weighted by Gasteiger charge is -2.28.